The molecule has 0 saturated heterocycles. The first kappa shape index (κ1) is 24.3. The Bertz CT molecular complexity index is 1510. The number of pyridine rings is 5. The molecule has 5 aromatic heterocycles. The van der Waals surface area contributed by atoms with Crippen molar-refractivity contribution < 1.29 is 20.4 Å². The van der Waals surface area contributed by atoms with Crippen LogP contribution in [0.2, 0.25) is 0 Å². The Kier molecular flexibility index (Phi) is 7.32. The van der Waals surface area contributed by atoms with Crippen LogP contribution in [0.1, 0.15) is 0 Å². The van der Waals surface area contributed by atoms with Gasteiger partial charge in [0.1, 0.15) is 0 Å². The first-order valence-corrected chi connectivity index (χ1v) is 11.6. The second-order valence-electron chi connectivity index (χ2n) is 8.13. The van der Waals surface area contributed by atoms with Crippen molar-refractivity contribution in [1.29, 1.82) is 0 Å². The molecule has 5 nitrogen and oxygen atoms in total. The van der Waals surface area contributed by atoms with E-state index in [-0.39, 0.29) is 20.4 Å². The van der Waals surface area contributed by atoms with Crippen molar-refractivity contribution in [3.63, 3.8) is 0 Å². The Morgan fingerprint density at radius 2 is 0.703 bits per heavy atom. The minimum atomic E-state index is 0. The van der Waals surface area contributed by atoms with Crippen LogP contribution in [0.25, 0.3) is 56.7 Å². The molecule has 0 N–H and O–H groups in total. The van der Waals surface area contributed by atoms with E-state index in [9.17, 15) is 0 Å². The van der Waals surface area contributed by atoms with Gasteiger partial charge in [0.2, 0.25) is 0 Å². The van der Waals surface area contributed by atoms with Gasteiger partial charge >= 0.3 is 0 Å². The van der Waals surface area contributed by atoms with Crippen molar-refractivity contribution >= 4 is 0 Å². The normalized spacial score (nSPS) is 10.5. The summed E-state index contributed by atoms with van der Waals surface area (Å²) in [5.41, 5.74) is 8.33. The Balaban J connectivity index is 0.00000280. The van der Waals surface area contributed by atoms with Crippen LogP contribution in [0.3, 0.4) is 0 Å². The second kappa shape index (κ2) is 11.1. The number of hydrogen-bond acceptors (Lipinski definition) is 5. The third-order valence-corrected chi connectivity index (χ3v) is 5.71. The molecule has 0 amide bonds. The van der Waals surface area contributed by atoms with E-state index in [2.05, 4.69) is 16.0 Å². The van der Waals surface area contributed by atoms with E-state index in [1.165, 1.54) is 0 Å². The van der Waals surface area contributed by atoms with E-state index in [0.29, 0.717) is 0 Å². The van der Waals surface area contributed by atoms with Crippen molar-refractivity contribution in [3.05, 3.63) is 128 Å². The largest absolute Gasteiger partial charge is 0.285 e. The van der Waals surface area contributed by atoms with Gasteiger partial charge in [0.25, 0.3) is 0 Å². The molecule has 0 atom stereocenters. The number of benzene rings is 1. The molecule has 0 unspecified atom stereocenters. The molecule has 0 aliphatic rings. The maximum absolute atomic E-state index is 4.90. The summed E-state index contributed by atoms with van der Waals surface area (Å²) in [6, 6.07) is 38.9. The number of rotatable bonds is 5. The number of aromatic nitrogens is 5. The average Bonchev–Trinajstić information content (AvgIpc) is 2.98. The van der Waals surface area contributed by atoms with Crippen molar-refractivity contribution in [3.8, 4) is 56.7 Å². The van der Waals surface area contributed by atoms with Crippen molar-refractivity contribution in [1.82, 2.24) is 24.9 Å². The van der Waals surface area contributed by atoms with Crippen LogP contribution < -0.4 is 0 Å². The molecule has 5 heterocycles. The van der Waals surface area contributed by atoms with Gasteiger partial charge < -0.3 is 0 Å². The fourth-order valence-electron chi connectivity index (χ4n) is 3.97. The summed E-state index contributed by atoms with van der Waals surface area (Å²) in [6.07, 6.45) is 3.54. The van der Waals surface area contributed by atoms with Crippen LogP contribution in [0, 0.1) is 6.07 Å². The molecule has 0 bridgehead atoms. The van der Waals surface area contributed by atoms with E-state index in [4.69, 9.17) is 15.0 Å². The topological polar surface area (TPSA) is 64.5 Å². The molecule has 0 aliphatic carbocycles. The molecule has 6 rings (SSSR count). The van der Waals surface area contributed by atoms with Crippen molar-refractivity contribution in [2.24, 2.45) is 0 Å². The Labute approximate surface area is 229 Å². The zero-order valence-electron chi connectivity index (χ0n) is 19.7. The van der Waals surface area contributed by atoms with E-state index in [1.807, 2.05) is 109 Å². The Morgan fingerprint density at radius 3 is 1.14 bits per heavy atom. The van der Waals surface area contributed by atoms with Gasteiger partial charge in [0.15, 0.2) is 0 Å². The molecule has 6 aromatic rings. The molecular formula is C31H20N5Re-. The predicted octanol–water partition coefficient (Wildman–Crippen LogP) is 6.79. The monoisotopic (exact) mass is 649 g/mol. The molecule has 6 heteroatoms. The van der Waals surface area contributed by atoms with Gasteiger partial charge in [-0.25, -0.2) is 4.98 Å². The van der Waals surface area contributed by atoms with Gasteiger partial charge in [-0.1, -0.05) is 53.6 Å². The minimum absolute atomic E-state index is 0. The van der Waals surface area contributed by atoms with Gasteiger partial charge in [-0.2, -0.15) is 0 Å². The maximum Gasteiger partial charge on any atom is 0.0894 e. The fourth-order valence-corrected chi connectivity index (χ4v) is 3.97. The smallest absolute Gasteiger partial charge is 0.0894 e. The average molecular weight is 649 g/mol. The second-order valence-corrected chi connectivity index (χ2v) is 8.13. The van der Waals surface area contributed by atoms with Crippen LogP contribution in [-0.2, 0) is 20.4 Å². The molecule has 0 saturated carbocycles. The molecule has 1 radical (unpaired) electrons. The standard InChI is InChI=1S/C31H20N5.Re/c1-3-19-32-26(11-1)28-15-6-13-24(34-28)22-9-5-10-23(21-22)25-14-7-17-30(35-25)31-18-8-16-29(36-31)27-12-2-4-20-33-27;/h1-20H;/q-1;. The molecule has 1 aromatic carbocycles. The van der Waals surface area contributed by atoms with E-state index in [1.54, 1.807) is 12.4 Å². The quantitative estimate of drug-likeness (QED) is 0.193. The van der Waals surface area contributed by atoms with Crippen LogP contribution in [-0.4, -0.2) is 24.9 Å². The van der Waals surface area contributed by atoms with Gasteiger partial charge in [0, 0.05) is 44.2 Å². The minimum Gasteiger partial charge on any atom is -0.285 e. The molecule has 37 heavy (non-hydrogen) atoms. The molecule has 0 fully saturated rings. The Morgan fingerprint density at radius 1 is 0.351 bits per heavy atom. The molecule has 0 spiro atoms. The summed E-state index contributed by atoms with van der Waals surface area (Å²) < 4.78 is 0. The van der Waals surface area contributed by atoms with E-state index < -0.39 is 0 Å². The van der Waals surface area contributed by atoms with Crippen molar-refractivity contribution in [2.45, 2.75) is 0 Å². The predicted molar refractivity (Wildman–Crippen MR) is 141 cm³/mol. The maximum atomic E-state index is 4.90. The summed E-state index contributed by atoms with van der Waals surface area (Å²) in [4.78, 5) is 23.4. The van der Waals surface area contributed by atoms with E-state index in [0.717, 1.165) is 56.7 Å². The molecule has 0 aliphatic heterocycles. The summed E-state index contributed by atoms with van der Waals surface area (Å²) in [6.45, 7) is 0. The van der Waals surface area contributed by atoms with Crippen LogP contribution in [0.5, 0.6) is 0 Å². The summed E-state index contributed by atoms with van der Waals surface area (Å²) in [5, 5.41) is 0. The van der Waals surface area contributed by atoms with Crippen LogP contribution >= 0.6 is 0 Å². The third kappa shape index (κ3) is 5.41. The summed E-state index contributed by atoms with van der Waals surface area (Å²) in [7, 11) is 0. The summed E-state index contributed by atoms with van der Waals surface area (Å²) in [5.74, 6) is 0. The van der Waals surface area contributed by atoms with Gasteiger partial charge in [-0.05, 0) is 48.5 Å². The number of hydrogen-bond donors (Lipinski definition) is 0. The number of nitrogens with zero attached hydrogens (tertiary/aromatic N) is 5. The fraction of sp³-hybridized carbons (Fsp3) is 0. The van der Waals surface area contributed by atoms with Gasteiger partial charge in [-0.3, -0.25) is 19.9 Å². The first-order valence-electron chi connectivity index (χ1n) is 11.6. The first-order chi connectivity index (χ1) is 17.8. The molecular weight excluding hydrogens is 629 g/mol. The SMILES string of the molecule is [Re].[c-]1c(-c2cccc(-c3ccccn3)n2)cccc1-c1cccc(-c2cccc(-c3ccccn3)n2)n1. The van der Waals surface area contributed by atoms with Crippen molar-refractivity contribution in [2.75, 3.05) is 0 Å². The van der Waals surface area contributed by atoms with Gasteiger partial charge in [-0.15, -0.1) is 24.3 Å². The van der Waals surface area contributed by atoms with Gasteiger partial charge in [0.05, 0.1) is 34.2 Å². The third-order valence-electron chi connectivity index (χ3n) is 5.71. The van der Waals surface area contributed by atoms with Crippen LogP contribution in [0.15, 0.2) is 122 Å². The zero-order chi connectivity index (χ0) is 24.2. The van der Waals surface area contributed by atoms with E-state index >= 15 is 0 Å². The Hall–Kier alpha value is -4.37. The zero-order valence-corrected chi connectivity index (χ0v) is 22.4. The molecule has 177 valence electrons. The van der Waals surface area contributed by atoms with Crippen LogP contribution in [0.4, 0.5) is 0 Å². The summed E-state index contributed by atoms with van der Waals surface area (Å²) >= 11 is 0.